The predicted molar refractivity (Wildman–Crippen MR) is 52.1 cm³/mol. The standard InChI is InChI=1S/C11H11FO2/c1-8(7-11(13)14-2)9-5-3-4-6-10(9)12/h3-7H,1-2H3. The van der Waals surface area contributed by atoms with Crippen LogP contribution < -0.4 is 0 Å². The van der Waals surface area contributed by atoms with Crippen molar-refractivity contribution in [2.75, 3.05) is 7.11 Å². The highest BCUT2D eigenvalue weighted by Crippen LogP contribution is 2.16. The number of rotatable bonds is 2. The van der Waals surface area contributed by atoms with Crippen molar-refractivity contribution in [2.45, 2.75) is 6.92 Å². The lowest BCUT2D eigenvalue weighted by Gasteiger charge is -2.02. The average Bonchev–Trinajstić information content (AvgIpc) is 2.18. The lowest BCUT2D eigenvalue weighted by molar-refractivity contribution is -0.134. The molecule has 0 bridgehead atoms. The van der Waals surface area contributed by atoms with Crippen LogP contribution in [0.4, 0.5) is 4.39 Å². The zero-order chi connectivity index (χ0) is 10.6. The van der Waals surface area contributed by atoms with Gasteiger partial charge in [-0.2, -0.15) is 0 Å². The smallest absolute Gasteiger partial charge is 0.330 e. The number of esters is 1. The van der Waals surface area contributed by atoms with E-state index in [2.05, 4.69) is 4.74 Å². The minimum absolute atomic E-state index is 0.342. The van der Waals surface area contributed by atoms with Gasteiger partial charge in [-0.25, -0.2) is 9.18 Å². The molecule has 0 N–H and O–H groups in total. The predicted octanol–water partition coefficient (Wildman–Crippen LogP) is 2.40. The summed E-state index contributed by atoms with van der Waals surface area (Å²) in [6, 6.07) is 6.28. The third-order valence-corrected chi connectivity index (χ3v) is 1.83. The molecule has 0 spiro atoms. The Morgan fingerprint density at radius 1 is 1.43 bits per heavy atom. The fourth-order valence-electron chi connectivity index (χ4n) is 1.09. The summed E-state index contributed by atoms with van der Waals surface area (Å²) in [6.45, 7) is 1.66. The molecule has 0 aliphatic heterocycles. The molecule has 0 unspecified atom stereocenters. The largest absolute Gasteiger partial charge is 0.466 e. The molecule has 0 saturated carbocycles. The van der Waals surface area contributed by atoms with E-state index in [1.165, 1.54) is 19.3 Å². The van der Waals surface area contributed by atoms with Crippen LogP contribution in [0.1, 0.15) is 12.5 Å². The maximum absolute atomic E-state index is 13.2. The van der Waals surface area contributed by atoms with E-state index in [0.29, 0.717) is 11.1 Å². The van der Waals surface area contributed by atoms with Crippen LogP contribution in [-0.4, -0.2) is 13.1 Å². The Balaban J connectivity index is 3.00. The van der Waals surface area contributed by atoms with Crippen molar-refractivity contribution in [3.05, 3.63) is 41.7 Å². The number of carbonyl (C=O) groups is 1. The minimum atomic E-state index is -0.481. The summed E-state index contributed by atoms with van der Waals surface area (Å²) in [5.74, 6) is -0.823. The summed E-state index contributed by atoms with van der Waals surface area (Å²) in [5.41, 5.74) is 0.966. The number of benzene rings is 1. The van der Waals surface area contributed by atoms with Crippen molar-refractivity contribution in [3.63, 3.8) is 0 Å². The van der Waals surface area contributed by atoms with Gasteiger partial charge in [0.1, 0.15) is 5.82 Å². The van der Waals surface area contributed by atoms with Crippen LogP contribution >= 0.6 is 0 Å². The molecule has 1 aromatic carbocycles. The second-order valence-electron chi connectivity index (χ2n) is 2.83. The molecule has 0 amide bonds. The molecule has 74 valence electrons. The van der Waals surface area contributed by atoms with Gasteiger partial charge in [0, 0.05) is 11.6 Å². The van der Waals surface area contributed by atoms with Crippen molar-refractivity contribution < 1.29 is 13.9 Å². The summed E-state index contributed by atoms with van der Waals surface area (Å²) >= 11 is 0. The first-order chi connectivity index (χ1) is 6.65. The van der Waals surface area contributed by atoms with E-state index in [-0.39, 0.29) is 5.82 Å². The fraction of sp³-hybridized carbons (Fsp3) is 0.182. The van der Waals surface area contributed by atoms with Gasteiger partial charge in [-0.05, 0) is 18.6 Å². The Morgan fingerprint density at radius 2 is 2.07 bits per heavy atom. The van der Waals surface area contributed by atoms with E-state index in [4.69, 9.17) is 0 Å². The second kappa shape index (κ2) is 4.56. The average molecular weight is 194 g/mol. The molecule has 2 nitrogen and oxygen atoms in total. The molecular weight excluding hydrogens is 183 g/mol. The van der Waals surface area contributed by atoms with Gasteiger partial charge in [0.05, 0.1) is 7.11 Å². The van der Waals surface area contributed by atoms with Gasteiger partial charge in [0.25, 0.3) is 0 Å². The van der Waals surface area contributed by atoms with E-state index in [0.717, 1.165) is 0 Å². The van der Waals surface area contributed by atoms with Crippen LogP contribution in [0.2, 0.25) is 0 Å². The highest BCUT2D eigenvalue weighted by atomic mass is 19.1. The van der Waals surface area contributed by atoms with Crippen molar-refractivity contribution in [1.82, 2.24) is 0 Å². The van der Waals surface area contributed by atoms with E-state index in [9.17, 15) is 9.18 Å². The lowest BCUT2D eigenvalue weighted by atomic mass is 10.1. The molecule has 0 atom stereocenters. The van der Waals surface area contributed by atoms with Gasteiger partial charge in [-0.15, -0.1) is 0 Å². The Labute approximate surface area is 82.0 Å². The molecule has 0 aromatic heterocycles. The molecule has 1 rings (SSSR count). The van der Waals surface area contributed by atoms with Crippen LogP contribution in [0.5, 0.6) is 0 Å². The maximum Gasteiger partial charge on any atom is 0.330 e. The zero-order valence-electron chi connectivity index (χ0n) is 8.08. The monoisotopic (exact) mass is 194 g/mol. The molecule has 0 aliphatic rings. The molecule has 0 saturated heterocycles. The van der Waals surface area contributed by atoms with E-state index < -0.39 is 5.97 Å². The van der Waals surface area contributed by atoms with Gasteiger partial charge in [-0.1, -0.05) is 18.2 Å². The normalized spacial score (nSPS) is 11.2. The molecule has 1 aromatic rings. The van der Waals surface area contributed by atoms with Crippen LogP contribution in [-0.2, 0) is 9.53 Å². The van der Waals surface area contributed by atoms with Crippen molar-refractivity contribution >= 4 is 11.5 Å². The van der Waals surface area contributed by atoms with Crippen LogP contribution in [0.15, 0.2) is 30.3 Å². The molecule has 0 aliphatic carbocycles. The summed E-state index contributed by atoms with van der Waals surface area (Å²) in [5, 5.41) is 0. The van der Waals surface area contributed by atoms with Gasteiger partial charge >= 0.3 is 5.97 Å². The summed E-state index contributed by atoms with van der Waals surface area (Å²) in [6.07, 6.45) is 1.26. The van der Waals surface area contributed by atoms with Crippen LogP contribution in [0.25, 0.3) is 5.57 Å². The number of allylic oxidation sites excluding steroid dienone is 1. The molecule has 0 heterocycles. The fourth-order valence-corrected chi connectivity index (χ4v) is 1.09. The Hall–Kier alpha value is -1.64. The maximum atomic E-state index is 13.2. The van der Waals surface area contributed by atoms with E-state index >= 15 is 0 Å². The minimum Gasteiger partial charge on any atom is -0.466 e. The summed E-state index contributed by atoms with van der Waals surface area (Å²) in [7, 11) is 1.29. The first-order valence-electron chi connectivity index (χ1n) is 4.16. The number of carbonyl (C=O) groups excluding carboxylic acids is 1. The van der Waals surface area contributed by atoms with Gasteiger partial charge in [0.15, 0.2) is 0 Å². The van der Waals surface area contributed by atoms with Crippen LogP contribution in [0, 0.1) is 5.82 Å². The number of halogens is 1. The Morgan fingerprint density at radius 3 is 2.64 bits per heavy atom. The lowest BCUT2D eigenvalue weighted by Crippen LogP contribution is -1.96. The van der Waals surface area contributed by atoms with E-state index in [1.54, 1.807) is 25.1 Å². The topological polar surface area (TPSA) is 26.3 Å². The summed E-state index contributed by atoms with van der Waals surface area (Å²) < 4.78 is 17.6. The molecule has 0 radical (unpaired) electrons. The molecule has 3 heteroatoms. The van der Waals surface area contributed by atoms with Crippen LogP contribution in [0.3, 0.4) is 0 Å². The number of ether oxygens (including phenoxy) is 1. The van der Waals surface area contributed by atoms with Gasteiger partial charge in [0.2, 0.25) is 0 Å². The van der Waals surface area contributed by atoms with Crippen molar-refractivity contribution in [2.24, 2.45) is 0 Å². The Kier molecular flexibility index (Phi) is 3.40. The number of methoxy groups -OCH3 is 1. The Bertz CT molecular complexity index is 369. The van der Waals surface area contributed by atoms with Crippen molar-refractivity contribution in [1.29, 1.82) is 0 Å². The third kappa shape index (κ3) is 2.42. The van der Waals surface area contributed by atoms with E-state index in [1.807, 2.05) is 0 Å². The van der Waals surface area contributed by atoms with Gasteiger partial charge < -0.3 is 4.74 Å². The number of hydrogen-bond acceptors (Lipinski definition) is 2. The first-order valence-corrected chi connectivity index (χ1v) is 4.16. The molecular formula is C11H11FO2. The molecule has 14 heavy (non-hydrogen) atoms. The highest BCUT2D eigenvalue weighted by molar-refractivity contribution is 5.90. The highest BCUT2D eigenvalue weighted by Gasteiger charge is 2.04. The SMILES string of the molecule is COC(=O)C=C(C)c1ccccc1F. The van der Waals surface area contributed by atoms with Crippen molar-refractivity contribution in [3.8, 4) is 0 Å². The third-order valence-electron chi connectivity index (χ3n) is 1.83. The summed E-state index contributed by atoms with van der Waals surface area (Å²) in [4.78, 5) is 10.9. The number of hydrogen-bond donors (Lipinski definition) is 0. The quantitative estimate of drug-likeness (QED) is 0.533. The zero-order valence-corrected chi connectivity index (χ0v) is 8.08. The second-order valence-corrected chi connectivity index (χ2v) is 2.83. The van der Waals surface area contributed by atoms with Gasteiger partial charge in [-0.3, -0.25) is 0 Å². The first kappa shape index (κ1) is 10.4. The molecule has 0 fully saturated rings.